The average Bonchev–Trinajstić information content (AvgIpc) is 3.07. The Balaban J connectivity index is 1.77. The van der Waals surface area contributed by atoms with Gasteiger partial charge in [0.25, 0.3) is 30.4 Å². The smallest absolute Gasteiger partial charge is 0.297 e. The SMILES string of the molecule is Nc1ccc(SOOO)c(N=Nc2c(S(=O)(=O)O)cc3cc(SOOO)c(N=Nc4ccc5c(S(=O)(=O)O)cccc5c4S(=O)(=O)O)c(N)c3c2O)c1. The fraction of sp³-hybridized carbons (Fsp3) is 0. The summed E-state index contributed by atoms with van der Waals surface area (Å²) in [5.74, 6) is -1.00. The van der Waals surface area contributed by atoms with Crippen LogP contribution >= 0.6 is 24.1 Å². The van der Waals surface area contributed by atoms with Crippen molar-refractivity contribution < 1.29 is 73.3 Å². The molecule has 0 heterocycles. The molecular weight excluding hydrogens is 813 g/mol. The summed E-state index contributed by atoms with van der Waals surface area (Å²) in [6.45, 7) is 0. The van der Waals surface area contributed by atoms with Gasteiger partial charge < -0.3 is 16.6 Å². The molecule has 27 heteroatoms. The minimum atomic E-state index is -5.19. The van der Waals surface area contributed by atoms with E-state index < -0.39 is 73.5 Å². The van der Waals surface area contributed by atoms with Crippen LogP contribution in [-0.4, -0.2) is 54.5 Å². The molecule has 0 aliphatic rings. The van der Waals surface area contributed by atoms with Crippen LogP contribution in [0.5, 0.6) is 5.75 Å². The number of rotatable bonds is 13. The normalized spacial score (nSPS) is 12.8. The standard InChI is InChI=1S/C26H20N6O16S5/c27-12-4-7-17(49-47-45-34)16(10-12)30-32-24-20(52(39,40)41)9-11-8-18(50-48-46-35)23(22(28)21(11)25(24)33)31-29-15-6-5-13-14(26(15)53(42,43)44)2-1-3-19(13)51(36,37)38/h1-10,33-35H,27-28H2,(H,36,37,38)(H,39,40,41)(H,42,43,44). The van der Waals surface area contributed by atoms with Crippen LogP contribution in [-0.2, 0) is 49.1 Å². The minimum absolute atomic E-state index is 0.100. The van der Waals surface area contributed by atoms with E-state index in [1.165, 1.54) is 18.2 Å². The molecule has 5 aromatic rings. The number of hydrogen-bond acceptors (Lipinski definition) is 21. The van der Waals surface area contributed by atoms with Crippen LogP contribution in [0.3, 0.4) is 0 Å². The van der Waals surface area contributed by atoms with Gasteiger partial charge in [-0.3, -0.25) is 13.7 Å². The van der Waals surface area contributed by atoms with Crippen LogP contribution in [0.15, 0.2) is 106 Å². The van der Waals surface area contributed by atoms with Gasteiger partial charge in [-0.15, -0.1) is 29.1 Å². The molecule has 0 saturated heterocycles. The Kier molecular flexibility index (Phi) is 11.5. The van der Waals surface area contributed by atoms with E-state index in [-0.39, 0.29) is 54.8 Å². The molecule has 53 heavy (non-hydrogen) atoms. The largest absolute Gasteiger partial charge is 0.505 e. The van der Waals surface area contributed by atoms with Crippen molar-refractivity contribution in [2.24, 2.45) is 20.5 Å². The van der Waals surface area contributed by atoms with Crippen LogP contribution in [0.25, 0.3) is 21.5 Å². The first-order valence-corrected chi connectivity index (χ1v) is 19.3. The zero-order valence-electron chi connectivity index (χ0n) is 25.5. The molecule has 0 aromatic heterocycles. The van der Waals surface area contributed by atoms with Crippen molar-refractivity contribution in [2.75, 3.05) is 11.5 Å². The van der Waals surface area contributed by atoms with Gasteiger partial charge in [-0.25, -0.2) is 10.5 Å². The van der Waals surface area contributed by atoms with Gasteiger partial charge in [-0.1, -0.05) is 28.3 Å². The first-order valence-electron chi connectivity index (χ1n) is 13.5. The molecule has 0 amide bonds. The van der Waals surface area contributed by atoms with E-state index in [9.17, 15) is 44.0 Å². The van der Waals surface area contributed by atoms with Crippen LogP contribution in [0, 0.1) is 0 Å². The van der Waals surface area contributed by atoms with E-state index in [0.717, 1.165) is 42.5 Å². The number of anilines is 2. The Morgan fingerprint density at radius 3 is 1.87 bits per heavy atom. The van der Waals surface area contributed by atoms with E-state index in [2.05, 4.69) is 39.2 Å². The lowest BCUT2D eigenvalue weighted by molar-refractivity contribution is -0.432. The molecule has 5 aromatic carbocycles. The summed E-state index contributed by atoms with van der Waals surface area (Å²) in [6, 6.07) is 11.1. The van der Waals surface area contributed by atoms with Crippen LogP contribution in [0.1, 0.15) is 0 Å². The molecule has 0 spiro atoms. The van der Waals surface area contributed by atoms with Crippen molar-refractivity contribution >= 4 is 110 Å². The summed E-state index contributed by atoms with van der Waals surface area (Å²) < 4.78 is 112. The Labute approximate surface area is 305 Å². The Morgan fingerprint density at radius 2 is 1.25 bits per heavy atom. The third kappa shape index (κ3) is 8.47. The molecule has 0 saturated carbocycles. The van der Waals surface area contributed by atoms with Crippen LogP contribution in [0.2, 0.25) is 0 Å². The first kappa shape index (κ1) is 39.6. The molecule has 0 atom stereocenters. The van der Waals surface area contributed by atoms with E-state index in [1.807, 2.05) is 0 Å². The van der Waals surface area contributed by atoms with E-state index in [1.54, 1.807) is 0 Å². The molecule has 5 rings (SSSR count). The molecule has 0 fully saturated rings. The number of hydrogen-bond donors (Lipinski definition) is 8. The quantitative estimate of drug-likeness (QED) is 0.0161. The van der Waals surface area contributed by atoms with Crippen LogP contribution in [0.4, 0.5) is 34.1 Å². The molecule has 0 aliphatic carbocycles. The highest BCUT2D eigenvalue weighted by atomic mass is 32.2. The lowest BCUT2D eigenvalue weighted by Gasteiger charge is -2.14. The zero-order valence-corrected chi connectivity index (χ0v) is 29.6. The molecule has 0 bridgehead atoms. The second-order valence-corrected chi connectivity index (χ2v) is 15.7. The highest BCUT2D eigenvalue weighted by molar-refractivity contribution is 7.95. The number of phenols is 1. The monoisotopic (exact) mass is 832 g/mol. The molecule has 10 N–H and O–H groups in total. The van der Waals surface area contributed by atoms with Gasteiger partial charge in [-0.05, 0) is 47.9 Å². The summed E-state index contributed by atoms with van der Waals surface area (Å²) in [5, 5.41) is 50.0. The Hall–Kier alpha value is -4.59. The zero-order chi connectivity index (χ0) is 38.9. The van der Waals surface area contributed by atoms with Crippen molar-refractivity contribution in [3.05, 3.63) is 60.7 Å². The summed E-state index contributed by atoms with van der Waals surface area (Å²) >= 11 is 0.651. The molecule has 22 nitrogen and oxygen atoms in total. The summed E-state index contributed by atoms with van der Waals surface area (Å²) in [4.78, 5) is -2.73. The van der Waals surface area contributed by atoms with E-state index in [0.29, 0.717) is 12.0 Å². The second-order valence-electron chi connectivity index (χ2n) is 10.1. The summed E-state index contributed by atoms with van der Waals surface area (Å²) in [7, 11) is -15.2. The van der Waals surface area contributed by atoms with E-state index in [4.69, 9.17) is 22.0 Å². The predicted molar refractivity (Wildman–Crippen MR) is 184 cm³/mol. The van der Waals surface area contributed by atoms with Gasteiger partial charge in [-0.2, -0.15) is 25.3 Å². The number of azo groups is 2. The number of nitrogen functional groups attached to an aromatic ring is 2. The number of nitrogens with zero attached hydrogens (tertiary/aromatic N) is 4. The topological polar surface area (TPSA) is 362 Å². The molecule has 0 unspecified atom stereocenters. The third-order valence-electron chi connectivity index (χ3n) is 6.89. The average molecular weight is 833 g/mol. The Bertz CT molecular complexity index is 2680. The lowest BCUT2D eigenvalue weighted by Crippen LogP contribution is -2.03. The highest BCUT2D eigenvalue weighted by Gasteiger charge is 2.27. The van der Waals surface area contributed by atoms with Gasteiger partial charge >= 0.3 is 0 Å². The number of aromatic hydroxyl groups is 1. The summed E-state index contributed by atoms with van der Waals surface area (Å²) in [5.41, 5.74) is 9.78. The summed E-state index contributed by atoms with van der Waals surface area (Å²) in [6.07, 6.45) is 0. The molecule has 0 radical (unpaired) electrons. The minimum Gasteiger partial charge on any atom is -0.505 e. The third-order valence-corrected chi connectivity index (χ3v) is 10.9. The molecule has 280 valence electrons. The maximum Gasteiger partial charge on any atom is 0.297 e. The van der Waals surface area contributed by atoms with Crippen molar-refractivity contribution in [3.63, 3.8) is 0 Å². The maximum atomic E-state index is 12.5. The predicted octanol–water partition coefficient (Wildman–Crippen LogP) is 6.29. The van der Waals surface area contributed by atoms with Gasteiger partial charge in [0.1, 0.15) is 37.4 Å². The highest BCUT2D eigenvalue weighted by Crippen LogP contribution is 2.50. The van der Waals surface area contributed by atoms with Crippen molar-refractivity contribution in [1.82, 2.24) is 0 Å². The van der Waals surface area contributed by atoms with Gasteiger partial charge in [0.15, 0.2) is 5.75 Å². The number of phenolic OH excluding ortho intramolecular Hbond substituents is 1. The fourth-order valence-corrected chi connectivity index (χ4v) is 7.94. The first-order chi connectivity index (χ1) is 24.9. The lowest BCUT2D eigenvalue weighted by atomic mass is 10.1. The van der Waals surface area contributed by atoms with Crippen LogP contribution < -0.4 is 11.5 Å². The van der Waals surface area contributed by atoms with Gasteiger partial charge in [0, 0.05) is 16.5 Å². The Morgan fingerprint density at radius 1 is 0.623 bits per heavy atom. The fourth-order valence-electron chi connectivity index (χ4n) is 4.83. The van der Waals surface area contributed by atoms with Gasteiger partial charge in [0.05, 0.1) is 45.0 Å². The van der Waals surface area contributed by atoms with Crippen molar-refractivity contribution in [1.29, 1.82) is 0 Å². The number of benzene rings is 5. The van der Waals surface area contributed by atoms with E-state index >= 15 is 0 Å². The second kappa shape index (κ2) is 15.4. The van der Waals surface area contributed by atoms with Crippen molar-refractivity contribution in [3.8, 4) is 5.75 Å². The molecule has 0 aliphatic heterocycles. The molecular formula is C26H20N6O16S5. The maximum absolute atomic E-state index is 12.5. The van der Waals surface area contributed by atoms with Gasteiger partial charge in [0.2, 0.25) is 0 Å². The number of nitrogens with two attached hydrogens (primary N) is 2. The number of fused-ring (bicyclic) bond motifs is 2. The van der Waals surface area contributed by atoms with Crippen molar-refractivity contribution in [2.45, 2.75) is 24.5 Å².